The number of nitrogens with zero attached hydrogens (tertiary/aromatic N) is 1. The van der Waals surface area contributed by atoms with Crippen LogP contribution in [0.15, 0.2) is 23.6 Å². The molecule has 90 valence electrons. The van der Waals surface area contributed by atoms with Crippen molar-refractivity contribution in [2.24, 2.45) is 0 Å². The maximum Gasteiger partial charge on any atom is 0.165 e. The van der Waals surface area contributed by atoms with Crippen molar-refractivity contribution < 1.29 is 9.13 Å². The zero-order chi connectivity index (χ0) is 12.3. The van der Waals surface area contributed by atoms with E-state index < -0.39 is 0 Å². The number of halogens is 1. The van der Waals surface area contributed by atoms with E-state index in [1.807, 2.05) is 18.4 Å². The minimum absolute atomic E-state index is 0.266. The molecule has 0 fully saturated rings. The van der Waals surface area contributed by atoms with Gasteiger partial charge < -0.3 is 10.1 Å². The summed E-state index contributed by atoms with van der Waals surface area (Å²) in [5.41, 5.74) is 2.82. The molecule has 3 nitrogen and oxygen atoms in total. The Morgan fingerprint density at radius 1 is 1.47 bits per heavy atom. The summed E-state index contributed by atoms with van der Waals surface area (Å²) in [6.07, 6.45) is 0. The zero-order valence-electron chi connectivity index (χ0n) is 9.66. The molecular formula is C12H13FN2OS. The molecular weight excluding hydrogens is 239 g/mol. The average molecular weight is 252 g/mol. The van der Waals surface area contributed by atoms with Gasteiger partial charge in [-0.15, -0.1) is 0 Å². The van der Waals surface area contributed by atoms with E-state index in [1.165, 1.54) is 24.7 Å². The number of anilines is 1. The number of rotatable bonds is 4. The van der Waals surface area contributed by atoms with Crippen molar-refractivity contribution in [1.29, 1.82) is 0 Å². The predicted octanol–water partition coefficient (Wildman–Crippen LogP) is 3.21. The fourth-order valence-electron chi connectivity index (χ4n) is 1.48. The Morgan fingerprint density at radius 3 is 2.88 bits per heavy atom. The fraction of sp³-hybridized carbons (Fsp3) is 0.250. The Morgan fingerprint density at radius 2 is 2.29 bits per heavy atom. The van der Waals surface area contributed by atoms with E-state index in [0.29, 0.717) is 6.54 Å². The highest BCUT2D eigenvalue weighted by molar-refractivity contribution is 7.04. The lowest BCUT2D eigenvalue weighted by atomic mass is 10.2. The van der Waals surface area contributed by atoms with Gasteiger partial charge in [0.05, 0.1) is 18.5 Å². The number of aromatic nitrogens is 1. The summed E-state index contributed by atoms with van der Waals surface area (Å²) in [4.78, 5) is 0. The van der Waals surface area contributed by atoms with Crippen LogP contribution in [0, 0.1) is 12.7 Å². The Hall–Kier alpha value is -1.62. The largest absolute Gasteiger partial charge is 0.494 e. The van der Waals surface area contributed by atoms with Crippen LogP contribution < -0.4 is 10.1 Å². The number of ether oxygens (including phenoxy) is 1. The fourth-order valence-corrected chi connectivity index (χ4v) is 2.15. The van der Waals surface area contributed by atoms with Gasteiger partial charge in [0, 0.05) is 11.9 Å². The third-order valence-electron chi connectivity index (χ3n) is 2.45. The molecule has 0 bridgehead atoms. The molecule has 0 aliphatic carbocycles. The number of hydrogen-bond donors (Lipinski definition) is 1. The first kappa shape index (κ1) is 11.9. The molecule has 1 N–H and O–H groups in total. The molecule has 17 heavy (non-hydrogen) atoms. The molecule has 0 amide bonds. The van der Waals surface area contributed by atoms with Crippen molar-refractivity contribution in [2.45, 2.75) is 13.5 Å². The normalized spacial score (nSPS) is 10.3. The standard InChI is InChI=1S/C12H13FN2OS/c1-8-11(7-17-15-8)14-6-9-3-4-12(16-2)10(13)5-9/h3-5,7,14H,6H2,1-2H3. The summed E-state index contributed by atoms with van der Waals surface area (Å²) in [6.45, 7) is 2.51. The number of nitrogens with one attached hydrogen (secondary N) is 1. The van der Waals surface area contributed by atoms with Crippen LogP contribution in [0.1, 0.15) is 11.3 Å². The van der Waals surface area contributed by atoms with Crippen molar-refractivity contribution in [3.05, 3.63) is 40.7 Å². The Balaban J connectivity index is 2.05. The summed E-state index contributed by atoms with van der Waals surface area (Å²) in [5, 5.41) is 5.15. The van der Waals surface area contributed by atoms with Crippen LogP contribution >= 0.6 is 11.5 Å². The van der Waals surface area contributed by atoms with Gasteiger partial charge in [-0.25, -0.2) is 4.39 Å². The van der Waals surface area contributed by atoms with Gasteiger partial charge in [-0.3, -0.25) is 0 Å². The molecule has 5 heteroatoms. The van der Waals surface area contributed by atoms with E-state index in [0.717, 1.165) is 16.9 Å². The van der Waals surface area contributed by atoms with Crippen molar-refractivity contribution in [1.82, 2.24) is 4.37 Å². The maximum atomic E-state index is 13.4. The molecule has 0 atom stereocenters. The summed E-state index contributed by atoms with van der Waals surface area (Å²) in [6, 6.07) is 4.94. The molecule has 1 aromatic carbocycles. The highest BCUT2D eigenvalue weighted by Gasteiger charge is 2.04. The Bertz CT molecular complexity index is 513. The van der Waals surface area contributed by atoms with Gasteiger partial charge in [-0.05, 0) is 36.2 Å². The molecule has 0 spiro atoms. The van der Waals surface area contributed by atoms with Gasteiger partial charge in [0.15, 0.2) is 11.6 Å². The Kier molecular flexibility index (Phi) is 3.58. The molecule has 2 rings (SSSR count). The van der Waals surface area contributed by atoms with Crippen LogP contribution in [0.25, 0.3) is 0 Å². The van der Waals surface area contributed by atoms with Crippen molar-refractivity contribution in [3.63, 3.8) is 0 Å². The highest BCUT2D eigenvalue weighted by atomic mass is 32.1. The van der Waals surface area contributed by atoms with Gasteiger partial charge in [0.1, 0.15) is 0 Å². The smallest absolute Gasteiger partial charge is 0.165 e. The van der Waals surface area contributed by atoms with Gasteiger partial charge in [0.25, 0.3) is 0 Å². The van der Waals surface area contributed by atoms with Crippen LogP contribution in [0.3, 0.4) is 0 Å². The predicted molar refractivity (Wildman–Crippen MR) is 67.1 cm³/mol. The lowest BCUT2D eigenvalue weighted by Crippen LogP contribution is -2.00. The van der Waals surface area contributed by atoms with Crippen LogP contribution in [-0.2, 0) is 6.54 Å². The molecule has 2 aromatic rings. The number of methoxy groups -OCH3 is 1. The van der Waals surface area contributed by atoms with E-state index in [-0.39, 0.29) is 11.6 Å². The molecule has 0 unspecified atom stereocenters. The second-order valence-corrected chi connectivity index (χ2v) is 4.27. The molecule has 1 aromatic heterocycles. The number of benzene rings is 1. The minimum Gasteiger partial charge on any atom is -0.494 e. The van der Waals surface area contributed by atoms with Crippen LogP contribution in [-0.4, -0.2) is 11.5 Å². The van der Waals surface area contributed by atoms with Gasteiger partial charge in [-0.2, -0.15) is 4.37 Å². The van der Waals surface area contributed by atoms with E-state index in [2.05, 4.69) is 9.69 Å². The SMILES string of the molecule is COc1ccc(CNc2csnc2C)cc1F. The number of hydrogen-bond acceptors (Lipinski definition) is 4. The first-order chi connectivity index (χ1) is 8.20. The molecule has 0 aliphatic rings. The third-order valence-corrected chi connectivity index (χ3v) is 3.17. The zero-order valence-corrected chi connectivity index (χ0v) is 10.5. The minimum atomic E-state index is -0.341. The summed E-state index contributed by atoms with van der Waals surface area (Å²) < 4.78 is 22.5. The maximum absolute atomic E-state index is 13.4. The van der Waals surface area contributed by atoms with E-state index >= 15 is 0 Å². The molecule has 1 heterocycles. The average Bonchev–Trinajstić information content (AvgIpc) is 2.72. The quantitative estimate of drug-likeness (QED) is 0.907. The highest BCUT2D eigenvalue weighted by Crippen LogP contribution is 2.20. The van der Waals surface area contributed by atoms with E-state index in [9.17, 15) is 4.39 Å². The monoisotopic (exact) mass is 252 g/mol. The van der Waals surface area contributed by atoms with E-state index in [4.69, 9.17) is 4.74 Å². The van der Waals surface area contributed by atoms with Crippen LogP contribution in [0.2, 0.25) is 0 Å². The van der Waals surface area contributed by atoms with Crippen LogP contribution in [0.4, 0.5) is 10.1 Å². The van der Waals surface area contributed by atoms with Crippen molar-refractivity contribution in [2.75, 3.05) is 12.4 Å². The van der Waals surface area contributed by atoms with E-state index in [1.54, 1.807) is 6.07 Å². The summed E-state index contributed by atoms with van der Waals surface area (Å²) in [7, 11) is 1.46. The first-order valence-corrected chi connectivity index (χ1v) is 6.01. The van der Waals surface area contributed by atoms with Crippen molar-refractivity contribution >= 4 is 17.2 Å². The lowest BCUT2D eigenvalue weighted by molar-refractivity contribution is 0.386. The lowest BCUT2D eigenvalue weighted by Gasteiger charge is -2.07. The second kappa shape index (κ2) is 5.14. The summed E-state index contributed by atoms with van der Waals surface area (Å²) in [5.74, 6) is -0.0749. The van der Waals surface area contributed by atoms with Crippen LogP contribution in [0.5, 0.6) is 5.75 Å². The van der Waals surface area contributed by atoms with Crippen molar-refractivity contribution in [3.8, 4) is 5.75 Å². The van der Waals surface area contributed by atoms with Gasteiger partial charge in [-0.1, -0.05) is 6.07 Å². The Labute approximate surface area is 103 Å². The topological polar surface area (TPSA) is 34.1 Å². The molecule has 0 radical (unpaired) electrons. The summed E-state index contributed by atoms with van der Waals surface area (Å²) >= 11 is 1.40. The molecule has 0 saturated heterocycles. The van der Waals surface area contributed by atoms with Gasteiger partial charge >= 0.3 is 0 Å². The van der Waals surface area contributed by atoms with Gasteiger partial charge in [0.2, 0.25) is 0 Å². The molecule has 0 aliphatic heterocycles. The first-order valence-electron chi connectivity index (χ1n) is 5.18. The number of aryl methyl sites for hydroxylation is 1. The third kappa shape index (κ3) is 2.74. The molecule has 0 saturated carbocycles. The second-order valence-electron chi connectivity index (χ2n) is 3.64.